The smallest absolute Gasteiger partial charge is 0.315 e. The van der Waals surface area contributed by atoms with Crippen LogP contribution >= 0.6 is 0 Å². The topological polar surface area (TPSA) is 81.1 Å². The van der Waals surface area contributed by atoms with Crippen LogP contribution in [0.3, 0.4) is 0 Å². The van der Waals surface area contributed by atoms with Gasteiger partial charge in [-0.2, -0.15) is 5.10 Å². The molecule has 0 bridgehead atoms. The zero-order valence-electron chi connectivity index (χ0n) is 14.9. The van der Waals surface area contributed by atoms with E-state index in [-0.39, 0.29) is 24.2 Å². The van der Waals surface area contributed by atoms with Crippen LogP contribution in [0.25, 0.3) is 0 Å². The van der Waals surface area contributed by atoms with E-state index in [4.69, 9.17) is 4.74 Å². The normalized spacial score (nSPS) is 18.8. The van der Waals surface area contributed by atoms with E-state index in [1.807, 2.05) is 55.8 Å². The van der Waals surface area contributed by atoms with Crippen molar-refractivity contribution in [3.63, 3.8) is 0 Å². The molecule has 0 aliphatic carbocycles. The lowest BCUT2D eigenvalue weighted by Gasteiger charge is -2.26. The highest BCUT2D eigenvalue weighted by Crippen LogP contribution is 2.22. The Morgan fingerprint density at radius 1 is 1.32 bits per heavy atom. The second-order valence-corrected chi connectivity index (χ2v) is 6.48. The first kappa shape index (κ1) is 17.3. The molecule has 1 aliphatic rings. The van der Waals surface area contributed by atoms with Crippen molar-refractivity contribution in [1.82, 2.24) is 25.4 Å². The average Bonchev–Trinajstić information content (AvgIpc) is 2.97. The number of rotatable bonds is 5. The van der Waals surface area contributed by atoms with Crippen LogP contribution in [-0.2, 0) is 6.54 Å². The van der Waals surface area contributed by atoms with Gasteiger partial charge in [-0.1, -0.05) is 18.2 Å². The summed E-state index contributed by atoms with van der Waals surface area (Å²) >= 11 is 0. The molecule has 0 saturated heterocycles. The quantitative estimate of drug-likeness (QED) is 0.874. The second kappa shape index (κ2) is 7.55. The minimum absolute atomic E-state index is 0.104. The summed E-state index contributed by atoms with van der Waals surface area (Å²) < 4.78 is 7.74. The lowest BCUT2D eigenvalue weighted by atomic mass is 10.1. The summed E-state index contributed by atoms with van der Waals surface area (Å²) in [5.74, 6) is 2.36. The third-order valence-electron chi connectivity index (χ3n) is 4.41. The van der Waals surface area contributed by atoms with Crippen LogP contribution in [-0.4, -0.2) is 32.9 Å². The van der Waals surface area contributed by atoms with Gasteiger partial charge in [-0.15, -0.1) is 0 Å². The van der Waals surface area contributed by atoms with Gasteiger partial charge in [0.1, 0.15) is 23.5 Å². The van der Waals surface area contributed by atoms with Gasteiger partial charge in [0.05, 0.1) is 12.1 Å². The van der Waals surface area contributed by atoms with Gasteiger partial charge < -0.3 is 15.4 Å². The minimum Gasteiger partial charge on any atom is -0.489 e. The van der Waals surface area contributed by atoms with Gasteiger partial charge >= 0.3 is 6.03 Å². The lowest BCUT2D eigenvalue weighted by Crippen LogP contribution is -2.48. The molecule has 2 heterocycles. The van der Waals surface area contributed by atoms with Crippen LogP contribution in [0.5, 0.6) is 5.75 Å². The van der Waals surface area contributed by atoms with Crippen LogP contribution in [0.15, 0.2) is 30.3 Å². The zero-order chi connectivity index (χ0) is 17.8. The molecular formula is C18H25N5O2. The van der Waals surface area contributed by atoms with Gasteiger partial charge in [-0.05, 0) is 45.7 Å². The Bertz CT molecular complexity index is 716. The van der Waals surface area contributed by atoms with Crippen molar-refractivity contribution < 1.29 is 9.53 Å². The number of fused-ring (bicyclic) bond motifs is 1. The van der Waals surface area contributed by atoms with Crippen LogP contribution in [0, 0.1) is 6.92 Å². The molecule has 0 fully saturated rings. The Labute approximate surface area is 147 Å². The summed E-state index contributed by atoms with van der Waals surface area (Å²) in [5.41, 5.74) is 0. The molecule has 1 aromatic heterocycles. The number of hydrogen-bond acceptors (Lipinski definition) is 4. The molecule has 7 heteroatoms. The maximum atomic E-state index is 12.4. The minimum atomic E-state index is -0.213. The second-order valence-electron chi connectivity index (χ2n) is 6.48. The van der Waals surface area contributed by atoms with E-state index in [1.165, 1.54) is 0 Å². The molecule has 3 rings (SSSR count). The van der Waals surface area contributed by atoms with Crippen LogP contribution < -0.4 is 15.4 Å². The number of urea groups is 1. The van der Waals surface area contributed by atoms with Gasteiger partial charge in [-0.25, -0.2) is 14.5 Å². The predicted molar refractivity (Wildman–Crippen MR) is 94.4 cm³/mol. The molecule has 0 unspecified atom stereocenters. The first-order valence-corrected chi connectivity index (χ1v) is 8.73. The highest BCUT2D eigenvalue weighted by atomic mass is 16.5. The average molecular weight is 343 g/mol. The molecule has 7 nitrogen and oxygen atoms in total. The van der Waals surface area contributed by atoms with Crippen molar-refractivity contribution in [3.05, 3.63) is 42.0 Å². The predicted octanol–water partition coefficient (Wildman–Crippen LogP) is 2.58. The number of aromatic nitrogens is 3. The van der Waals surface area contributed by atoms with Gasteiger partial charge in [0.25, 0.3) is 0 Å². The summed E-state index contributed by atoms with van der Waals surface area (Å²) in [4.78, 5) is 16.8. The van der Waals surface area contributed by atoms with Crippen molar-refractivity contribution in [2.75, 3.05) is 0 Å². The Morgan fingerprint density at radius 2 is 2.08 bits per heavy atom. The summed E-state index contributed by atoms with van der Waals surface area (Å²) in [6.45, 7) is 6.60. The van der Waals surface area contributed by atoms with Gasteiger partial charge in [-0.3, -0.25) is 0 Å². The van der Waals surface area contributed by atoms with Crippen molar-refractivity contribution in [2.45, 2.75) is 58.3 Å². The number of ether oxygens (including phenoxy) is 1. The summed E-state index contributed by atoms with van der Waals surface area (Å²) in [7, 11) is 0. The van der Waals surface area contributed by atoms with Crippen LogP contribution in [0.4, 0.5) is 4.79 Å². The number of benzene rings is 1. The Hall–Kier alpha value is -2.57. The van der Waals surface area contributed by atoms with E-state index in [2.05, 4.69) is 20.7 Å². The molecule has 3 atom stereocenters. The van der Waals surface area contributed by atoms with Gasteiger partial charge in [0, 0.05) is 6.54 Å². The van der Waals surface area contributed by atoms with E-state index in [1.54, 1.807) is 0 Å². The van der Waals surface area contributed by atoms with Crippen LogP contribution in [0.2, 0.25) is 0 Å². The largest absolute Gasteiger partial charge is 0.489 e. The molecule has 1 aromatic carbocycles. The van der Waals surface area contributed by atoms with E-state index in [0.29, 0.717) is 0 Å². The molecule has 25 heavy (non-hydrogen) atoms. The van der Waals surface area contributed by atoms with E-state index >= 15 is 0 Å². The van der Waals surface area contributed by atoms with Crippen molar-refractivity contribution in [3.8, 4) is 5.75 Å². The third-order valence-corrected chi connectivity index (χ3v) is 4.41. The number of aryl methyl sites for hydroxylation is 2. The number of nitrogens with one attached hydrogen (secondary N) is 2. The molecule has 2 N–H and O–H groups in total. The Balaban J connectivity index is 1.54. The molecule has 0 radical (unpaired) electrons. The molecule has 0 saturated carbocycles. The summed E-state index contributed by atoms with van der Waals surface area (Å²) in [6.07, 6.45) is 1.70. The third kappa shape index (κ3) is 4.29. The maximum absolute atomic E-state index is 12.4. The van der Waals surface area contributed by atoms with E-state index in [0.717, 1.165) is 36.8 Å². The number of nitrogens with zero attached hydrogens (tertiary/aromatic N) is 3. The summed E-state index contributed by atoms with van der Waals surface area (Å²) in [5, 5.41) is 10.3. The van der Waals surface area contributed by atoms with E-state index in [9.17, 15) is 4.79 Å². The molecule has 2 amide bonds. The monoisotopic (exact) mass is 343 g/mol. The molecule has 134 valence electrons. The van der Waals surface area contributed by atoms with E-state index < -0.39 is 0 Å². The van der Waals surface area contributed by atoms with Crippen molar-refractivity contribution in [1.29, 1.82) is 0 Å². The standard InChI is InChI=1S/C18H25N5O2/c1-12(13(2)25-15-8-5-4-6-9-15)19-18(24)21-16-10-7-11-23-17(16)20-14(3)22-23/h4-6,8-9,12-13,16H,7,10-11H2,1-3H3,(H2,19,21,24)/t12-,13-,16+/m1/s1. The highest BCUT2D eigenvalue weighted by molar-refractivity contribution is 5.74. The molecule has 2 aromatic rings. The fourth-order valence-electron chi connectivity index (χ4n) is 2.94. The maximum Gasteiger partial charge on any atom is 0.315 e. The fraction of sp³-hybridized carbons (Fsp3) is 0.500. The first-order chi connectivity index (χ1) is 12.0. The summed E-state index contributed by atoms with van der Waals surface area (Å²) in [6, 6.07) is 9.14. The molecular weight excluding hydrogens is 318 g/mol. The van der Waals surface area contributed by atoms with Crippen molar-refractivity contribution in [2.24, 2.45) is 0 Å². The number of carbonyl (C=O) groups is 1. The SMILES string of the molecule is Cc1nc2n(n1)CCC[C@@H]2NC(=O)N[C@H](C)[C@@H](C)Oc1ccccc1. The molecule has 1 aliphatic heterocycles. The van der Waals surface area contributed by atoms with Gasteiger partial charge in [0.2, 0.25) is 0 Å². The zero-order valence-corrected chi connectivity index (χ0v) is 14.9. The first-order valence-electron chi connectivity index (χ1n) is 8.73. The number of hydrogen-bond donors (Lipinski definition) is 2. The molecule has 0 spiro atoms. The van der Waals surface area contributed by atoms with Crippen molar-refractivity contribution >= 4 is 6.03 Å². The van der Waals surface area contributed by atoms with Gasteiger partial charge in [0.15, 0.2) is 0 Å². The van der Waals surface area contributed by atoms with Crippen LogP contribution in [0.1, 0.15) is 44.4 Å². The number of carbonyl (C=O) groups excluding carboxylic acids is 1. The Kier molecular flexibility index (Phi) is 5.21. The number of amides is 2. The highest BCUT2D eigenvalue weighted by Gasteiger charge is 2.26. The number of para-hydroxylation sites is 1. The fourth-order valence-corrected chi connectivity index (χ4v) is 2.94. The lowest BCUT2D eigenvalue weighted by molar-refractivity contribution is 0.173. The Morgan fingerprint density at radius 3 is 2.84 bits per heavy atom.